The summed E-state index contributed by atoms with van der Waals surface area (Å²) in [6.07, 6.45) is 2.09. The molecule has 1 aromatic carbocycles. The van der Waals surface area contributed by atoms with Crippen LogP contribution in [0.2, 0.25) is 0 Å². The standard InChI is InChI=1S/C19H23N3OS/c1-3-20-19(23)13(2)21-12-16(18-9-6-10-24-18)15-11-22-17-8-5-4-7-14(15)17/h4-11,13,16,21-22H,3,12H2,1-2H3,(H,20,23)/t13-,16-/m0/s1. The van der Waals surface area contributed by atoms with E-state index < -0.39 is 0 Å². The lowest BCUT2D eigenvalue weighted by molar-refractivity contribution is -0.122. The number of thiophene rings is 1. The minimum absolute atomic E-state index is 0.0429. The predicted molar refractivity (Wildman–Crippen MR) is 101 cm³/mol. The maximum Gasteiger partial charge on any atom is 0.236 e. The molecule has 2 aromatic heterocycles. The number of carbonyl (C=O) groups is 1. The van der Waals surface area contributed by atoms with Crippen LogP contribution in [0.25, 0.3) is 10.9 Å². The van der Waals surface area contributed by atoms with Gasteiger partial charge in [-0.05, 0) is 36.9 Å². The van der Waals surface area contributed by atoms with Crippen molar-refractivity contribution < 1.29 is 4.79 Å². The minimum atomic E-state index is -0.211. The number of aromatic nitrogens is 1. The van der Waals surface area contributed by atoms with Crippen molar-refractivity contribution in [3.63, 3.8) is 0 Å². The Labute approximate surface area is 146 Å². The van der Waals surface area contributed by atoms with Crippen molar-refractivity contribution in [1.82, 2.24) is 15.6 Å². The summed E-state index contributed by atoms with van der Waals surface area (Å²) in [5.74, 6) is 0.263. The van der Waals surface area contributed by atoms with Gasteiger partial charge in [-0.3, -0.25) is 4.79 Å². The maximum atomic E-state index is 12.0. The minimum Gasteiger partial charge on any atom is -0.361 e. The Balaban J connectivity index is 1.84. The van der Waals surface area contributed by atoms with E-state index in [-0.39, 0.29) is 17.9 Å². The molecular weight excluding hydrogens is 318 g/mol. The van der Waals surface area contributed by atoms with E-state index >= 15 is 0 Å². The van der Waals surface area contributed by atoms with E-state index in [0.29, 0.717) is 6.54 Å². The van der Waals surface area contributed by atoms with Crippen LogP contribution in [-0.4, -0.2) is 30.0 Å². The number of hydrogen-bond donors (Lipinski definition) is 3. The summed E-state index contributed by atoms with van der Waals surface area (Å²) in [6, 6.07) is 12.4. The van der Waals surface area contributed by atoms with Crippen molar-refractivity contribution in [2.75, 3.05) is 13.1 Å². The van der Waals surface area contributed by atoms with E-state index in [1.54, 1.807) is 11.3 Å². The van der Waals surface area contributed by atoms with Gasteiger partial charge in [0.05, 0.1) is 6.04 Å². The molecule has 2 atom stereocenters. The molecule has 0 spiro atoms. The molecule has 4 nitrogen and oxygen atoms in total. The Morgan fingerprint density at radius 2 is 2.08 bits per heavy atom. The zero-order valence-electron chi connectivity index (χ0n) is 14.0. The molecule has 2 heterocycles. The van der Waals surface area contributed by atoms with Crippen LogP contribution in [0.1, 0.15) is 30.2 Å². The van der Waals surface area contributed by atoms with Gasteiger partial charge >= 0.3 is 0 Å². The first-order chi connectivity index (χ1) is 11.7. The maximum absolute atomic E-state index is 12.0. The lowest BCUT2D eigenvalue weighted by Crippen LogP contribution is -2.43. The molecule has 24 heavy (non-hydrogen) atoms. The first-order valence-electron chi connectivity index (χ1n) is 8.31. The Bertz CT molecular complexity index is 794. The second-order valence-corrected chi connectivity index (χ2v) is 6.86. The summed E-state index contributed by atoms with van der Waals surface area (Å²) in [5.41, 5.74) is 2.41. The number of fused-ring (bicyclic) bond motifs is 1. The Kier molecular flexibility index (Phi) is 5.33. The molecule has 0 bridgehead atoms. The molecule has 0 fully saturated rings. The van der Waals surface area contributed by atoms with Crippen LogP contribution >= 0.6 is 11.3 Å². The highest BCUT2D eigenvalue weighted by Gasteiger charge is 2.21. The van der Waals surface area contributed by atoms with Crippen LogP contribution in [0.4, 0.5) is 0 Å². The van der Waals surface area contributed by atoms with Gasteiger partial charge in [0.25, 0.3) is 0 Å². The highest BCUT2D eigenvalue weighted by Crippen LogP contribution is 2.32. The molecular formula is C19H23N3OS. The molecule has 0 saturated heterocycles. The molecule has 0 saturated carbocycles. The lowest BCUT2D eigenvalue weighted by Gasteiger charge is -2.19. The number of para-hydroxylation sites is 1. The molecule has 0 radical (unpaired) electrons. The topological polar surface area (TPSA) is 56.9 Å². The highest BCUT2D eigenvalue weighted by molar-refractivity contribution is 7.10. The molecule has 0 aliphatic rings. The van der Waals surface area contributed by atoms with E-state index in [0.717, 1.165) is 12.1 Å². The summed E-state index contributed by atoms with van der Waals surface area (Å²) in [7, 11) is 0. The third-order valence-corrected chi connectivity index (χ3v) is 5.24. The first-order valence-corrected chi connectivity index (χ1v) is 9.19. The fourth-order valence-corrected chi connectivity index (χ4v) is 3.80. The molecule has 126 valence electrons. The third kappa shape index (κ3) is 3.52. The lowest BCUT2D eigenvalue weighted by atomic mass is 9.96. The van der Waals surface area contributed by atoms with Crippen molar-refractivity contribution in [3.05, 3.63) is 58.4 Å². The van der Waals surface area contributed by atoms with Crippen molar-refractivity contribution in [3.8, 4) is 0 Å². The molecule has 0 aliphatic carbocycles. The summed E-state index contributed by atoms with van der Waals surface area (Å²) in [5, 5.41) is 9.59. The van der Waals surface area contributed by atoms with Crippen LogP contribution in [0.15, 0.2) is 48.0 Å². The van der Waals surface area contributed by atoms with Crippen LogP contribution in [-0.2, 0) is 4.79 Å². The molecule has 3 aromatic rings. The SMILES string of the molecule is CCNC(=O)[C@H](C)NC[C@H](c1cccs1)c1c[nH]c2ccccc12. The van der Waals surface area contributed by atoms with Crippen molar-refractivity contribution in [2.45, 2.75) is 25.8 Å². The van der Waals surface area contributed by atoms with E-state index in [1.807, 2.05) is 19.9 Å². The van der Waals surface area contributed by atoms with Gasteiger partial charge in [0.15, 0.2) is 0 Å². The smallest absolute Gasteiger partial charge is 0.236 e. The average Bonchev–Trinajstić information content (AvgIpc) is 3.25. The number of likely N-dealkylation sites (N-methyl/N-ethyl adjacent to an activating group) is 1. The van der Waals surface area contributed by atoms with Gasteiger partial charge in [0, 0.05) is 41.0 Å². The number of hydrogen-bond acceptors (Lipinski definition) is 3. The molecule has 1 amide bonds. The molecule has 5 heteroatoms. The van der Waals surface area contributed by atoms with E-state index in [4.69, 9.17) is 0 Å². The number of benzene rings is 1. The second-order valence-electron chi connectivity index (χ2n) is 5.88. The van der Waals surface area contributed by atoms with Crippen molar-refractivity contribution >= 4 is 28.1 Å². The highest BCUT2D eigenvalue weighted by atomic mass is 32.1. The summed E-state index contributed by atoms with van der Waals surface area (Å²) in [6.45, 7) is 5.22. The zero-order valence-corrected chi connectivity index (χ0v) is 14.8. The number of nitrogens with one attached hydrogen (secondary N) is 3. The normalized spacial score (nSPS) is 13.8. The summed E-state index contributed by atoms with van der Waals surface area (Å²) in [4.78, 5) is 16.6. The van der Waals surface area contributed by atoms with Gasteiger partial charge in [-0.2, -0.15) is 0 Å². The van der Waals surface area contributed by atoms with Gasteiger partial charge in [-0.25, -0.2) is 0 Å². The van der Waals surface area contributed by atoms with Crippen molar-refractivity contribution in [1.29, 1.82) is 0 Å². The zero-order chi connectivity index (χ0) is 16.9. The fourth-order valence-electron chi connectivity index (χ4n) is 2.95. The monoisotopic (exact) mass is 341 g/mol. The summed E-state index contributed by atoms with van der Waals surface area (Å²) >= 11 is 1.75. The van der Waals surface area contributed by atoms with Crippen molar-refractivity contribution in [2.24, 2.45) is 0 Å². The van der Waals surface area contributed by atoms with Gasteiger partial charge in [-0.1, -0.05) is 24.3 Å². The Morgan fingerprint density at radius 3 is 2.83 bits per heavy atom. The number of rotatable bonds is 7. The number of carbonyl (C=O) groups excluding carboxylic acids is 1. The third-order valence-electron chi connectivity index (χ3n) is 4.26. The van der Waals surface area contributed by atoms with Crippen LogP contribution in [0, 0.1) is 0 Å². The molecule has 0 aliphatic heterocycles. The predicted octanol–water partition coefficient (Wildman–Crippen LogP) is 3.48. The van der Waals surface area contributed by atoms with E-state index in [9.17, 15) is 4.79 Å². The van der Waals surface area contributed by atoms with Crippen LogP contribution in [0.5, 0.6) is 0 Å². The average molecular weight is 341 g/mol. The van der Waals surface area contributed by atoms with E-state index in [2.05, 4.69) is 57.5 Å². The van der Waals surface area contributed by atoms with Gasteiger partial charge < -0.3 is 15.6 Å². The first kappa shape index (κ1) is 16.7. The van der Waals surface area contributed by atoms with Crippen LogP contribution in [0.3, 0.4) is 0 Å². The van der Waals surface area contributed by atoms with E-state index in [1.165, 1.54) is 15.8 Å². The molecule has 3 rings (SSSR count). The Hall–Kier alpha value is -2.11. The largest absolute Gasteiger partial charge is 0.361 e. The Morgan fingerprint density at radius 1 is 1.25 bits per heavy atom. The molecule has 3 N–H and O–H groups in total. The molecule has 0 unspecified atom stereocenters. The quantitative estimate of drug-likeness (QED) is 0.616. The number of aromatic amines is 1. The summed E-state index contributed by atoms with van der Waals surface area (Å²) < 4.78 is 0. The number of H-pyrrole nitrogens is 1. The fraction of sp³-hybridized carbons (Fsp3) is 0.316. The van der Waals surface area contributed by atoms with Gasteiger partial charge in [0.2, 0.25) is 5.91 Å². The number of amides is 1. The van der Waals surface area contributed by atoms with Gasteiger partial charge in [-0.15, -0.1) is 11.3 Å². The van der Waals surface area contributed by atoms with Crippen LogP contribution < -0.4 is 10.6 Å². The van der Waals surface area contributed by atoms with Gasteiger partial charge in [0.1, 0.15) is 0 Å². The second kappa shape index (κ2) is 7.64.